The van der Waals surface area contributed by atoms with Crippen molar-refractivity contribution in [2.24, 2.45) is 0 Å². The molecule has 6 heteroatoms. The summed E-state index contributed by atoms with van der Waals surface area (Å²) in [6, 6.07) is 15.4. The molecule has 0 saturated heterocycles. The highest BCUT2D eigenvalue weighted by molar-refractivity contribution is 7.10. The van der Waals surface area contributed by atoms with Gasteiger partial charge in [0.25, 0.3) is 0 Å². The molecule has 1 aliphatic heterocycles. The number of anilines is 1. The molecule has 1 aromatic heterocycles. The van der Waals surface area contributed by atoms with Crippen LogP contribution < -0.4 is 14.8 Å². The van der Waals surface area contributed by atoms with Crippen LogP contribution in [0.5, 0.6) is 11.5 Å². The van der Waals surface area contributed by atoms with Crippen LogP contribution in [0.15, 0.2) is 53.9 Å². The first-order valence-electron chi connectivity index (χ1n) is 8.56. The van der Waals surface area contributed by atoms with Gasteiger partial charge in [0.05, 0.1) is 12.8 Å². The molecule has 4 rings (SSSR count). The first kappa shape index (κ1) is 17.9. The third kappa shape index (κ3) is 3.80. The Morgan fingerprint density at radius 2 is 1.96 bits per heavy atom. The van der Waals surface area contributed by atoms with Crippen LogP contribution in [-0.2, 0) is 11.4 Å². The second-order valence-electron chi connectivity index (χ2n) is 6.33. The number of hydrogen-bond acceptors (Lipinski definition) is 4. The number of methoxy groups -OCH3 is 1. The molecule has 138 valence electrons. The van der Waals surface area contributed by atoms with Crippen LogP contribution in [0.25, 0.3) is 0 Å². The summed E-state index contributed by atoms with van der Waals surface area (Å²) in [5.74, 6) is 1.40. The van der Waals surface area contributed by atoms with Crippen molar-refractivity contribution in [3.63, 3.8) is 0 Å². The topological polar surface area (TPSA) is 47.6 Å². The molecule has 0 spiro atoms. The van der Waals surface area contributed by atoms with Gasteiger partial charge in [0.1, 0.15) is 6.61 Å². The smallest absolute Gasteiger partial charge is 0.225 e. The van der Waals surface area contributed by atoms with E-state index in [0.717, 1.165) is 16.8 Å². The number of halogens is 1. The summed E-state index contributed by atoms with van der Waals surface area (Å²) < 4.78 is 11.5. The van der Waals surface area contributed by atoms with Gasteiger partial charge in [-0.05, 0) is 46.8 Å². The van der Waals surface area contributed by atoms with Crippen molar-refractivity contribution in [1.29, 1.82) is 0 Å². The normalized spacial score (nSPS) is 15.8. The number of nitrogens with one attached hydrogen (secondary N) is 1. The highest BCUT2D eigenvalue weighted by atomic mass is 35.5. The first-order chi connectivity index (χ1) is 13.1. The molecule has 0 fully saturated rings. The quantitative estimate of drug-likeness (QED) is 0.619. The molecule has 0 saturated carbocycles. The lowest BCUT2D eigenvalue weighted by molar-refractivity contribution is -0.116. The average molecular weight is 400 g/mol. The Hall–Kier alpha value is -2.50. The summed E-state index contributed by atoms with van der Waals surface area (Å²) in [7, 11) is 1.62. The molecular weight excluding hydrogens is 382 g/mol. The minimum Gasteiger partial charge on any atom is -0.493 e. The van der Waals surface area contributed by atoms with Crippen molar-refractivity contribution >= 4 is 34.5 Å². The van der Waals surface area contributed by atoms with Crippen LogP contribution in [0.3, 0.4) is 0 Å². The van der Waals surface area contributed by atoms with E-state index in [1.807, 2.05) is 53.9 Å². The molecule has 0 radical (unpaired) electrons. The number of carbonyl (C=O) groups excluding carboxylic acids is 1. The van der Waals surface area contributed by atoms with Crippen LogP contribution >= 0.6 is 22.9 Å². The Kier molecular flexibility index (Phi) is 5.05. The van der Waals surface area contributed by atoms with Crippen molar-refractivity contribution in [2.45, 2.75) is 18.9 Å². The zero-order valence-corrected chi connectivity index (χ0v) is 16.3. The summed E-state index contributed by atoms with van der Waals surface area (Å²) in [6.07, 6.45) is 0.432. The lowest BCUT2D eigenvalue weighted by Crippen LogP contribution is -2.21. The second-order valence-corrected chi connectivity index (χ2v) is 7.71. The molecule has 0 bridgehead atoms. The number of fused-ring (bicyclic) bond motifs is 1. The molecule has 3 aromatic rings. The van der Waals surface area contributed by atoms with Gasteiger partial charge in [-0.25, -0.2) is 0 Å². The van der Waals surface area contributed by atoms with Crippen molar-refractivity contribution in [3.05, 3.63) is 74.9 Å². The van der Waals surface area contributed by atoms with E-state index in [9.17, 15) is 4.79 Å². The zero-order valence-electron chi connectivity index (χ0n) is 14.7. The van der Waals surface area contributed by atoms with Gasteiger partial charge in [-0.3, -0.25) is 4.79 Å². The molecule has 1 amide bonds. The highest BCUT2D eigenvalue weighted by Crippen LogP contribution is 2.42. The van der Waals surface area contributed by atoms with E-state index < -0.39 is 0 Å². The fourth-order valence-electron chi connectivity index (χ4n) is 3.20. The fourth-order valence-corrected chi connectivity index (χ4v) is 4.31. The molecule has 1 atom stereocenters. The van der Waals surface area contributed by atoms with Crippen LogP contribution in [-0.4, -0.2) is 13.0 Å². The van der Waals surface area contributed by atoms with E-state index in [0.29, 0.717) is 29.5 Å². The first-order valence-corrected chi connectivity index (χ1v) is 9.82. The summed E-state index contributed by atoms with van der Waals surface area (Å²) in [6.45, 7) is 0.424. The monoisotopic (exact) mass is 399 g/mol. The number of carbonyl (C=O) groups is 1. The van der Waals surface area contributed by atoms with Crippen molar-refractivity contribution < 1.29 is 14.3 Å². The van der Waals surface area contributed by atoms with Crippen molar-refractivity contribution in [2.75, 3.05) is 12.4 Å². The standard InChI is InChI=1S/C21H18ClNO3S/c1-25-19-10-14(16-11-20(24)23-17-8-9-27-21(16)17)4-7-18(19)26-12-13-2-5-15(22)6-3-13/h2-10,16H,11-12H2,1H3,(H,23,24)/t16-/m0/s1. The Balaban J connectivity index is 1.57. The number of hydrogen-bond donors (Lipinski definition) is 1. The number of ether oxygens (including phenoxy) is 2. The maximum absolute atomic E-state index is 12.0. The van der Waals surface area contributed by atoms with Gasteiger partial charge in [0.15, 0.2) is 11.5 Å². The summed E-state index contributed by atoms with van der Waals surface area (Å²) >= 11 is 7.58. The molecular formula is C21H18ClNO3S. The van der Waals surface area contributed by atoms with E-state index in [2.05, 4.69) is 5.32 Å². The van der Waals surface area contributed by atoms with Gasteiger partial charge in [-0.15, -0.1) is 11.3 Å². The minimum atomic E-state index is 0.0351. The Labute approximate surface area is 166 Å². The van der Waals surface area contributed by atoms with Gasteiger partial charge in [-0.1, -0.05) is 29.8 Å². The van der Waals surface area contributed by atoms with Crippen LogP contribution in [0, 0.1) is 0 Å². The molecule has 0 unspecified atom stereocenters. The van der Waals surface area contributed by atoms with Crippen LogP contribution in [0.1, 0.15) is 28.3 Å². The maximum atomic E-state index is 12.0. The predicted molar refractivity (Wildman–Crippen MR) is 108 cm³/mol. The molecule has 27 heavy (non-hydrogen) atoms. The second kappa shape index (κ2) is 7.62. The van der Waals surface area contributed by atoms with E-state index in [1.165, 1.54) is 4.88 Å². The van der Waals surface area contributed by atoms with Gasteiger partial charge in [0.2, 0.25) is 5.91 Å². The maximum Gasteiger partial charge on any atom is 0.225 e. The summed E-state index contributed by atoms with van der Waals surface area (Å²) in [5.41, 5.74) is 2.98. The van der Waals surface area contributed by atoms with E-state index >= 15 is 0 Å². The molecule has 1 N–H and O–H groups in total. The summed E-state index contributed by atoms with van der Waals surface area (Å²) in [4.78, 5) is 13.2. The molecule has 0 aliphatic carbocycles. The predicted octanol–water partition coefficient (Wildman–Crippen LogP) is 5.46. The van der Waals surface area contributed by atoms with Gasteiger partial charge in [-0.2, -0.15) is 0 Å². The highest BCUT2D eigenvalue weighted by Gasteiger charge is 2.28. The van der Waals surface area contributed by atoms with E-state index in [-0.39, 0.29) is 11.8 Å². The van der Waals surface area contributed by atoms with Gasteiger partial charge >= 0.3 is 0 Å². The average Bonchev–Trinajstić information content (AvgIpc) is 3.15. The molecule has 4 nitrogen and oxygen atoms in total. The van der Waals surface area contributed by atoms with Crippen LogP contribution in [0.2, 0.25) is 5.02 Å². The number of rotatable bonds is 5. The van der Waals surface area contributed by atoms with Gasteiger partial charge in [0, 0.05) is 22.2 Å². The Bertz CT molecular complexity index is 968. The molecule has 2 heterocycles. The lowest BCUT2D eigenvalue weighted by Gasteiger charge is -2.23. The largest absolute Gasteiger partial charge is 0.493 e. The zero-order chi connectivity index (χ0) is 18.8. The van der Waals surface area contributed by atoms with E-state index in [1.54, 1.807) is 18.4 Å². The van der Waals surface area contributed by atoms with Crippen molar-refractivity contribution in [3.8, 4) is 11.5 Å². The minimum absolute atomic E-state index is 0.0351. The van der Waals surface area contributed by atoms with Gasteiger partial charge < -0.3 is 14.8 Å². The SMILES string of the molecule is COc1cc([C@@H]2CC(=O)Nc3ccsc32)ccc1OCc1ccc(Cl)cc1. The number of benzene rings is 2. The molecule has 1 aliphatic rings. The third-order valence-electron chi connectivity index (χ3n) is 4.57. The fraction of sp³-hybridized carbons (Fsp3) is 0.190. The Morgan fingerprint density at radius 3 is 2.74 bits per heavy atom. The summed E-state index contributed by atoms with van der Waals surface area (Å²) in [5, 5.41) is 5.63. The Morgan fingerprint density at radius 1 is 1.15 bits per heavy atom. The van der Waals surface area contributed by atoms with E-state index in [4.69, 9.17) is 21.1 Å². The lowest BCUT2D eigenvalue weighted by atomic mass is 9.90. The number of thiophene rings is 1. The third-order valence-corrected chi connectivity index (χ3v) is 5.86. The number of amides is 1. The van der Waals surface area contributed by atoms with Crippen LogP contribution in [0.4, 0.5) is 5.69 Å². The molecule has 2 aromatic carbocycles. The van der Waals surface area contributed by atoms with Crippen molar-refractivity contribution in [1.82, 2.24) is 0 Å².